The monoisotopic (exact) mass is 321 g/mol. The zero-order chi connectivity index (χ0) is 15.5. The lowest BCUT2D eigenvalue weighted by atomic mass is 10.1. The molecule has 2 aliphatic heterocycles. The molecule has 3 rings (SSSR count). The first-order valence-corrected chi connectivity index (χ1v) is 8.90. The summed E-state index contributed by atoms with van der Waals surface area (Å²) in [6.07, 6.45) is 1.16. The van der Waals surface area contributed by atoms with Gasteiger partial charge in [0.2, 0.25) is 11.8 Å². The average molecular weight is 321 g/mol. The van der Waals surface area contributed by atoms with Crippen LogP contribution in [0.25, 0.3) is 0 Å². The predicted molar refractivity (Wildman–Crippen MR) is 86.6 cm³/mol. The van der Waals surface area contributed by atoms with Crippen LogP contribution < -0.4 is 0 Å². The maximum absolute atomic E-state index is 12.8. The third-order valence-corrected chi connectivity index (χ3v) is 5.51. The van der Waals surface area contributed by atoms with Crippen molar-refractivity contribution >= 4 is 23.2 Å². The summed E-state index contributed by atoms with van der Waals surface area (Å²) in [6, 6.07) is 3.75. The Labute approximate surface area is 135 Å². The minimum atomic E-state index is -0.261. The van der Waals surface area contributed by atoms with Crippen molar-refractivity contribution in [2.75, 3.05) is 32.7 Å². The topological polar surface area (TPSA) is 43.9 Å². The Morgan fingerprint density at radius 2 is 2.09 bits per heavy atom. The van der Waals surface area contributed by atoms with E-state index in [9.17, 15) is 9.59 Å². The highest BCUT2D eigenvalue weighted by Gasteiger charge is 2.38. The highest BCUT2D eigenvalue weighted by Crippen LogP contribution is 2.25. The van der Waals surface area contributed by atoms with E-state index in [2.05, 4.69) is 11.8 Å². The minimum Gasteiger partial charge on any atom is -0.338 e. The van der Waals surface area contributed by atoms with E-state index < -0.39 is 0 Å². The van der Waals surface area contributed by atoms with Crippen molar-refractivity contribution in [2.45, 2.75) is 32.4 Å². The number of piperazine rings is 1. The van der Waals surface area contributed by atoms with E-state index >= 15 is 0 Å². The van der Waals surface area contributed by atoms with E-state index in [0.29, 0.717) is 19.4 Å². The van der Waals surface area contributed by atoms with Crippen LogP contribution >= 0.6 is 11.3 Å². The largest absolute Gasteiger partial charge is 0.338 e. The molecule has 5 nitrogen and oxygen atoms in total. The van der Waals surface area contributed by atoms with Crippen LogP contribution in [0.1, 0.15) is 24.6 Å². The first kappa shape index (κ1) is 15.5. The number of carbonyl (C=O) groups is 2. The molecule has 1 aromatic heterocycles. The van der Waals surface area contributed by atoms with Crippen LogP contribution in [0.15, 0.2) is 17.5 Å². The summed E-state index contributed by atoms with van der Waals surface area (Å²) in [7, 11) is 0. The van der Waals surface area contributed by atoms with Crippen molar-refractivity contribution in [3.05, 3.63) is 22.4 Å². The van der Waals surface area contributed by atoms with Crippen LogP contribution in [-0.2, 0) is 16.1 Å². The number of carbonyl (C=O) groups excluding carboxylic acids is 2. The van der Waals surface area contributed by atoms with Gasteiger partial charge < -0.3 is 14.7 Å². The predicted octanol–water partition coefficient (Wildman–Crippen LogP) is 1.40. The van der Waals surface area contributed by atoms with Gasteiger partial charge >= 0.3 is 0 Å². The summed E-state index contributed by atoms with van der Waals surface area (Å²) in [6.45, 7) is 7.20. The van der Waals surface area contributed by atoms with E-state index in [-0.39, 0.29) is 17.9 Å². The summed E-state index contributed by atoms with van der Waals surface area (Å²) in [5.74, 6) is 0.247. The SMILES string of the molecule is CCN1CCN(C(=O)[C@H]2CCC(=O)N2Cc2cccs2)CC1. The lowest BCUT2D eigenvalue weighted by Gasteiger charge is -2.36. The van der Waals surface area contributed by atoms with E-state index in [1.54, 1.807) is 16.2 Å². The fourth-order valence-electron chi connectivity index (χ4n) is 3.25. The van der Waals surface area contributed by atoms with E-state index in [4.69, 9.17) is 0 Å². The van der Waals surface area contributed by atoms with Crippen molar-refractivity contribution in [1.29, 1.82) is 0 Å². The van der Waals surface area contributed by atoms with Gasteiger partial charge in [-0.1, -0.05) is 13.0 Å². The van der Waals surface area contributed by atoms with Crippen molar-refractivity contribution in [3.63, 3.8) is 0 Å². The highest BCUT2D eigenvalue weighted by atomic mass is 32.1. The van der Waals surface area contributed by atoms with Crippen LogP contribution in [0.5, 0.6) is 0 Å². The van der Waals surface area contributed by atoms with Crippen LogP contribution in [0.4, 0.5) is 0 Å². The van der Waals surface area contributed by atoms with Gasteiger partial charge in [-0.2, -0.15) is 0 Å². The van der Waals surface area contributed by atoms with E-state index in [1.807, 2.05) is 22.4 Å². The van der Waals surface area contributed by atoms with Crippen molar-refractivity contribution < 1.29 is 9.59 Å². The van der Waals surface area contributed by atoms with Gasteiger partial charge in [-0.3, -0.25) is 9.59 Å². The van der Waals surface area contributed by atoms with Crippen molar-refractivity contribution in [2.24, 2.45) is 0 Å². The third-order valence-electron chi connectivity index (χ3n) is 4.65. The fraction of sp³-hybridized carbons (Fsp3) is 0.625. The van der Waals surface area contributed by atoms with Crippen LogP contribution in [0, 0.1) is 0 Å². The molecular formula is C16H23N3O2S. The summed E-state index contributed by atoms with van der Waals surface area (Å²) in [5, 5.41) is 2.01. The number of hydrogen-bond donors (Lipinski definition) is 0. The second kappa shape index (κ2) is 6.79. The van der Waals surface area contributed by atoms with Gasteiger partial charge in [0.25, 0.3) is 0 Å². The van der Waals surface area contributed by atoms with Crippen molar-refractivity contribution in [3.8, 4) is 0 Å². The number of hydrogen-bond acceptors (Lipinski definition) is 4. The van der Waals surface area contributed by atoms with Gasteiger partial charge in [0, 0.05) is 37.5 Å². The zero-order valence-corrected chi connectivity index (χ0v) is 13.8. The molecule has 0 N–H and O–H groups in total. The molecular weight excluding hydrogens is 298 g/mol. The second-order valence-electron chi connectivity index (χ2n) is 5.92. The summed E-state index contributed by atoms with van der Waals surface area (Å²) >= 11 is 1.64. The Morgan fingerprint density at radius 1 is 1.32 bits per heavy atom. The lowest BCUT2D eigenvalue weighted by Crippen LogP contribution is -2.53. The van der Waals surface area contributed by atoms with Gasteiger partial charge in [0.05, 0.1) is 6.54 Å². The van der Waals surface area contributed by atoms with E-state index in [0.717, 1.165) is 37.6 Å². The second-order valence-corrected chi connectivity index (χ2v) is 6.95. The summed E-state index contributed by atoms with van der Waals surface area (Å²) < 4.78 is 0. The normalized spacial score (nSPS) is 23.3. The Bertz CT molecular complexity index is 524. The van der Waals surface area contributed by atoms with Crippen LogP contribution in [0.3, 0.4) is 0 Å². The van der Waals surface area contributed by atoms with E-state index in [1.165, 1.54) is 0 Å². The first-order valence-electron chi connectivity index (χ1n) is 8.02. The number of likely N-dealkylation sites (tertiary alicyclic amines) is 1. The highest BCUT2D eigenvalue weighted by molar-refractivity contribution is 7.09. The standard InChI is InChI=1S/C16H23N3O2S/c1-2-17-7-9-18(10-8-17)16(21)14-5-6-15(20)19(14)12-13-4-3-11-22-13/h3-4,11,14H,2,5-10,12H2,1H3/t14-/m1/s1. The Kier molecular flexibility index (Phi) is 4.78. The number of nitrogens with zero attached hydrogens (tertiary/aromatic N) is 3. The molecule has 2 aliphatic rings. The lowest BCUT2D eigenvalue weighted by molar-refractivity contribution is -0.143. The first-order chi connectivity index (χ1) is 10.7. The Morgan fingerprint density at radius 3 is 2.73 bits per heavy atom. The summed E-state index contributed by atoms with van der Waals surface area (Å²) in [5.41, 5.74) is 0. The molecule has 0 saturated carbocycles. The molecule has 3 heterocycles. The molecule has 0 bridgehead atoms. The van der Waals surface area contributed by atoms with Crippen LogP contribution in [-0.4, -0.2) is 65.3 Å². The smallest absolute Gasteiger partial charge is 0.245 e. The number of likely N-dealkylation sites (N-methyl/N-ethyl adjacent to an activating group) is 1. The van der Waals surface area contributed by atoms with Gasteiger partial charge in [-0.15, -0.1) is 11.3 Å². The minimum absolute atomic E-state index is 0.110. The van der Waals surface area contributed by atoms with Crippen molar-refractivity contribution in [1.82, 2.24) is 14.7 Å². The molecule has 1 atom stereocenters. The molecule has 22 heavy (non-hydrogen) atoms. The number of thiophene rings is 1. The molecule has 0 radical (unpaired) electrons. The molecule has 0 aromatic carbocycles. The fourth-order valence-corrected chi connectivity index (χ4v) is 3.96. The van der Waals surface area contributed by atoms with Gasteiger partial charge in [0.1, 0.15) is 6.04 Å². The molecule has 2 saturated heterocycles. The third kappa shape index (κ3) is 3.17. The Balaban J connectivity index is 1.64. The van der Waals surface area contributed by atoms with Gasteiger partial charge in [-0.25, -0.2) is 0 Å². The molecule has 0 unspecified atom stereocenters. The quantitative estimate of drug-likeness (QED) is 0.842. The molecule has 2 fully saturated rings. The maximum Gasteiger partial charge on any atom is 0.245 e. The zero-order valence-electron chi connectivity index (χ0n) is 13.0. The Hall–Kier alpha value is -1.40. The maximum atomic E-state index is 12.8. The van der Waals surface area contributed by atoms with Crippen LogP contribution in [0.2, 0.25) is 0 Å². The number of rotatable bonds is 4. The molecule has 1 aromatic rings. The molecule has 2 amide bonds. The molecule has 120 valence electrons. The van der Waals surface area contributed by atoms with Gasteiger partial charge in [-0.05, 0) is 24.4 Å². The summed E-state index contributed by atoms with van der Waals surface area (Å²) in [4.78, 5) is 32.2. The molecule has 0 spiro atoms. The number of amides is 2. The molecule has 0 aliphatic carbocycles. The van der Waals surface area contributed by atoms with Gasteiger partial charge in [0.15, 0.2) is 0 Å². The molecule has 6 heteroatoms. The average Bonchev–Trinajstić information content (AvgIpc) is 3.18.